The number of hydroxylamine groups is 2. The third kappa shape index (κ3) is 6.92. The molecule has 2 aliphatic rings. The fourth-order valence-electron chi connectivity index (χ4n) is 3.72. The maximum Gasteiger partial charge on any atom is 0.248 e. The molecule has 0 saturated heterocycles. The van der Waals surface area contributed by atoms with Gasteiger partial charge in [0.1, 0.15) is 5.78 Å². The minimum atomic E-state index is 0.134. The molecule has 0 bridgehead atoms. The van der Waals surface area contributed by atoms with Crippen LogP contribution < -0.4 is 0 Å². The highest BCUT2D eigenvalue weighted by Gasteiger charge is 2.26. The van der Waals surface area contributed by atoms with Crippen molar-refractivity contribution in [3.8, 4) is 0 Å². The van der Waals surface area contributed by atoms with Crippen molar-refractivity contribution in [3.63, 3.8) is 0 Å². The fourth-order valence-corrected chi connectivity index (χ4v) is 3.72. The zero-order valence-electron chi connectivity index (χ0n) is 16.3. The Kier molecular flexibility index (Phi) is 9.57. The number of nitrogens with zero attached hydrogens (tertiary/aromatic N) is 1. The van der Waals surface area contributed by atoms with Gasteiger partial charge in [0.05, 0.1) is 7.11 Å². The van der Waals surface area contributed by atoms with E-state index in [1.165, 1.54) is 37.9 Å². The van der Waals surface area contributed by atoms with E-state index in [0.717, 1.165) is 43.9 Å². The van der Waals surface area contributed by atoms with Crippen LogP contribution in [-0.2, 0) is 14.4 Å². The molecule has 140 valence electrons. The van der Waals surface area contributed by atoms with Crippen LogP contribution in [0.25, 0.3) is 0 Å². The van der Waals surface area contributed by atoms with Gasteiger partial charge in [0.2, 0.25) is 5.91 Å². The normalized spacial score (nSPS) is 30.0. The zero-order chi connectivity index (χ0) is 18.1. The largest absolute Gasteiger partial charge is 0.299 e. The van der Waals surface area contributed by atoms with Gasteiger partial charge in [-0.1, -0.05) is 33.6 Å². The predicted molar refractivity (Wildman–Crippen MR) is 97.3 cm³/mol. The molecule has 0 aliphatic heterocycles. The van der Waals surface area contributed by atoms with Gasteiger partial charge in [0.15, 0.2) is 0 Å². The lowest BCUT2D eigenvalue weighted by molar-refractivity contribution is -0.174. The second-order valence-corrected chi connectivity index (χ2v) is 7.75. The molecular formula is C20H37NO3. The smallest absolute Gasteiger partial charge is 0.248 e. The highest BCUT2D eigenvalue weighted by molar-refractivity contribution is 5.80. The van der Waals surface area contributed by atoms with E-state index in [0.29, 0.717) is 11.7 Å². The minimum Gasteiger partial charge on any atom is -0.299 e. The van der Waals surface area contributed by atoms with Gasteiger partial charge in [-0.05, 0) is 50.4 Å². The average Bonchev–Trinajstić information content (AvgIpc) is 2.61. The third-order valence-electron chi connectivity index (χ3n) is 5.77. The zero-order valence-corrected chi connectivity index (χ0v) is 16.3. The number of ketones is 1. The first-order valence-electron chi connectivity index (χ1n) is 9.73. The van der Waals surface area contributed by atoms with Crippen LogP contribution in [-0.4, -0.2) is 30.9 Å². The van der Waals surface area contributed by atoms with E-state index in [4.69, 9.17) is 4.84 Å². The molecule has 2 fully saturated rings. The summed E-state index contributed by atoms with van der Waals surface area (Å²) in [5, 5.41) is 1.35. The van der Waals surface area contributed by atoms with Crippen molar-refractivity contribution in [1.29, 1.82) is 0 Å². The molecule has 24 heavy (non-hydrogen) atoms. The van der Waals surface area contributed by atoms with Gasteiger partial charge in [-0.3, -0.25) is 14.4 Å². The molecule has 0 atom stereocenters. The summed E-state index contributed by atoms with van der Waals surface area (Å²) in [6.07, 6.45) is 9.94. The van der Waals surface area contributed by atoms with Crippen LogP contribution >= 0.6 is 0 Å². The van der Waals surface area contributed by atoms with Gasteiger partial charge < -0.3 is 0 Å². The first-order valence-corrected chi connectivity index (χ1v) is 9.73. The number of carbonyl (C=O) groups is 2. The topological polar surface area (TPSA) is 46.6 Å². The molecule has 0 unspecified atom stereocenters. The summed E-state index contributed by atoms with van der Waals surface area (Å²) in [6.45, 7) is 6.51. The molecule has 0 aromatic heterocycles. The van der Waals surface area contributed by atoms with Crippen LogP contribution in [0.1, 0.15) is 78.6 Å². The molecular weight excluding hydrogens is 302 g/mol. The van der Waals surface area contributed by atoms with E-state index in [9.17, 15) is 9.59 Å². The van der Waals surface area contributed by atoms with Gasteiger partial charge in [-0.25, -0.2) is 5.06 Å². The Balaban J connectivity index is 0.000000243. The Bertz CT molecular complexity index is 380. The van der Waals surface area contributed by atoms with Crippen molar-refractivity contribution in [1.82, 2.24) is 5.06 Å². The Hall–Kier alpha value is -0.900. The van der Waals surface area contributed by atoms with Crippen molar-refractivity contribution in [2.24, 2.45) is 23.7 Å². The first-order chi connectivity index (χ1) is 11.4. The van der Waals surface area contributed by atoms with Crippen LogP contribution in [0.5, 0.6) is 0 Å². The van der Waals surface area contributed by atoms with E-state index in [1.807, 2.05) is 6.92 Å². The molecule has 2 aliphatic carbocycles. The Morgan fingerprint density at radius 3 is 1.67 bits per heavy atom. The molecule has 0 spiro atoms. The molecule has 1 amide bonds. The van der Waals surface area contributed by atoms with Gasteiger partial charge in [-0.2, -0.15) is 0 Å². The van der Waals surface area contributed by atoms with Crippen LogP contribution in [0, 0.1) is 23.7 Å². The van der Waals surface area contributed by atoms with Crippen LogP contribution in [0.4, 0.5) is 0 Å². The van der Waals surface area contributed by atoms with Gasteiger partial charge >= 0.3 is 0 Å². The highest BCUT2D eigenvalue weighted by Crippen LogP contribution is 2.30. The van der Waals surface area contributed by atoms with Crippen LogP contribution in [0.3, 0.4) is 0 Å². The number of carbonyl (C=O) groups excluding carboxylic acids is 2. The molecule has 2 rings (SSSR count). The highest BCUT2D eigenvalue weighted by atomic mass is 16.7. The quantitative estimate of drug-likeness (QED) is 0.702. The maximum atomic E-state index is 11.6. The summed E-state index contributed by atoms with van der Waals surface area (Å²) < 4.78 is 0. The molecule has 0 N–H and O–H groups in total. The van der Waals surface area contributed by atoms with E-state index in [-0.39, 0.29) is 11.8 Å². The predicted octanol–water partition coefficient (Wildman–Crippen LogP) is 4.62. The number of amides is 1. The second-order valence-electron chi connectivity index (χ2n) is 7.75. The summed E-state index contributed by atoms with van der Waals surface area (Å²) in [4.78, 5) is 27.8. The molecule has 0 radical (unpaired) electrons. The minimum absolute atomic E-state index is 0.134. The number of rotatable bonds is 4. The van der Waals surface area contributed by atoms with Crippen molar-refractivity contribution >= 4 is 11.7 Å². The lowest BCUT2D eigenvalue weighted by Crippen LogP contribution is -2.33. The van der Waals surface area contributed by atoms with Gasteiger partial charge in [0.25, 0.3) is 0 Å². The van der Waals surface area contributed by atoms with Crippen LogP contribution in [0.15, 0.2) is 0 Å². The summed E-state index contributed by atoms with van der Waals surface area (Å²) in [7, 11) is 3.21. The van der Waals surface area contributed by atoms with Crippen molar-refractivity contribution in [3.05, 3.63) is 0 Å². The molecule has 2 saturated carbocycles. The molecule has 0 heterocycles. The summed E-state index contributed by atoms with van der Waals surface area (Å²) >= 11 is 0. The first kappa shape index (κ1) is 21.1. The van der Waals surface area contributed by atoms with Gasteiger partial charge in [-0.15, -0.1) is 0 Å². The molecule has 0 aromatic carbocycles. The van der Waals surface area contributed by atoms with Crippen molar-refractivity contribution in [2.75, 3.05) is 14.2 Å². The Labute approximate surface area is 148 Å². The Morgan fingerprint density at radius 2 is 1.29 bits per heavy atom. The lowest BCUT2D eigenvalue weighted by atomic mass is 9.80. The van der Waals surface area contributed by atoms with E-state index >= 15 is 0 Å². The monoisotopic (exact) mass is 339 g/mol. The maximum absolute atomic E-state index is 11.6. The standard InChI is InChI=1S/C10H19NO2.C10H18O/c1-8-4-6-9(7-5-8)10(12)11(2)13-3;1-3-10(11)9-6-4-8(2)5-7-9/h8-9H,4-7H2,1-3H3;8-9H,3-7H2,1-2H3. The summed E-state index contributed by atoms with van der Waals surface area (Å²) in [5.74, 6) is 2.87. The van der Waals surface area contributed by atoms with Crippen molar-refractivity contribution in [2.45, 2.75) is 78.6 Å². The summed E-state index contributed by atoms with van der Waals surface area (Å²) in [5.41, 5.74) is 0. The van der Waals surface area contributed by atoms with E-state index in [2.05, 4.69) is 13.8 Å². The molecule has 4 heteroatoms. The van der Waals surface area contributed by atoms with Crippen LogP contribution in [0.2, 0.25) is 0 Å². The number of hydrogen-bond donors (Lipinski definition) is 0. The van der Waals surface area contributed by atoms with Gasteiger partial charge in [0, 0.05) is 25.3 Å². The van der Waals surface area contributed by atoms with E-state index < -0.39 is 0 Å². The SMILES string of the molecule is CCC(=O)C1CCC(C)CC1.CON(C)C(=O)C1CCC(C)CC1. The summed E-state index contributed by atoms with van der Waals surface area (Å²) in [6, 6.07) is 0. The second kappa shape index (κ2) is 10.9. The van der Waals surface area contributed by atoms with Crippen molar-refractivity contribution < 1.29 is 14.4 Å². The van der Waals surface area contributed by atoms with E-state index in [1.54, 1.807) is 7.05 Å². The Morgan fingerprint density at radius 1 is 0.875 bits per heavy atom. The molecule has 4 nitrogen and oxygen atoms in total. The number of hydrogen-bond acceptors (Lipinski definition) is 3. The fraction of sp³-hybridized carbons (Fsp3) is 0.900. The third-order valence-corrected chi connectivity index (χ3v) is 5.77. The lowest BCUT2D eigenvalue weighted by Gasteiger charge is -2.27. The average molecular weight is 340 g/mol. The molecule has 0 aromatic rings. The number of Topliss-reactive ketones (excluding diaryl/α,β-unsaturated/α-hetero) is 1.